The molecule has 0 saturated carbocycles. The SMILES string of the molecule is O=C1C(=O)N(Cc2ccncc2)C(c2ccccc2)/C1=C(/O)c1ccc2c(c1)OCCO2. The van der Waals surface area contributed by atoms with Crippen LogP contribution in [0.4, 0.5) is 0 Å². The molecule has 3 heterocycles. The molecule has 1 N–H and O–H groups in total. The van der Waals surface area contributed by atoms with E-state index in [1.165, 1.54) is 4.90 Å². The number of hydrogen-bond acceptors (Lipinski definition) is 6. The van der Waals surface area contributed by atoms with Crippen molar-refractivity contribution in [3.63, 3.8) is 0 Å². The molecule has 7 heteroatoms. The summed E-state index contributed by atoms with van der Waals surface area (Å²) < 4.78 is 11.1. The van der Waals surface area contributed by atoms with E-state index in [2.05, 4.69) is 4.98 Å². The highest BCUT2D eigenvalue weighted by Gasteiger charge is 2.46. The first kappa shape index (κ1) is 19.8. The number of ether oxygens (including phenoxy) is 2. The van der Waals surface area contributed by atoms with Gasteiger partial charge >= 0.3 is 0 Å². The summed E-state index contributed by atoms with van der Waals surface area (Å²) in [5.41, 5.74) is 2.01. The normalized spacial score (nSPS) is 19.2. The molecule has 32 heavy (non-hydrogen) atoms. The van der Waals surface area contributed by atoms with E-state index in [9.17, 15) is 14.7 Å². The van der Waals surface area contributed by atoms with Gasteiger partial charge in [0.25, 0.3) is 11.7 Å². The first-order valence-corrected chi connectivity index (χ1v) is 10.3. The van der Waals surface area contributed by atoms with Crippen molar-refractivity contribution in [3.8, 4) is 11.5 Å². The molecule has 1 amide bonds. The second-order valence-electron chi connectivity index (χ2n) is 7.55. The predicted octanol–water partition coefficient (Wildman–Crippen LogP) is 3.47. The molecule has 1 saturated heterocycles. The van der Waals surface area contributed by atoms with Gasteiger partial charge in [0.15, 0.2) is 11.5 Å². The van der Waals surface area contributed by atoms with Crippen molar-refractivity contribution in [2.75, 3.05) is 13.2 Å². The minimum absolute atomic E-state index is 0.0481. The Labute approximate surface area is 184 Å². The van der Waals surface area contributed by atoms with E-state index in [1.807, 2.05) is 30.3 Å². The Hall–Kier alpha value is -4.13. The number of Topliss-reactive ketones (excluding diaryl/α,β-unsaturated/α-hetero) is 1. The Bertz CT molecular complexity index is 1210. The third kappa shape index (κ3) is 3.47. The lowest BCUT2D eigenvalue weighted by atomic mass is 9.95. The zero-order valence-electron chi connectivity index (χ0n) is 17.1. The number of aliphatic hydroxyl groups is 1. The highest BCUT2D eigenvalue weighted by molar-refractivity contribution is 6.46. The van der Waals surface area contributed by atoms with Crippen LogP contribution in [-0.4, -0.2) is 39.9 Å². The molecule has 7 nitrogen and oxygen atoms in total. The van der Waals surface area contributed by atoms with Crippen LogP contribution in [0.1, 0.15) is 22.7 Å². The molecule has 2 aromatic carbocycles. The van der Waals surface area contributed by atoms with E-state index in [1.54, 1.807) is 42.7 Å². The maximum Gasteiger partial charge on any atom is 0.295 e. The number of ketones is 1. The van der Waals surface area contributed by atoms with E-state index >= 15 is 0 Å². The average Bonchev–Trinajstić information content (AvgIpc) is 3.09. The van der Waals surface area contributed by atoms with E-state index < -0.39 is 17.7 Å². The van der Waals surface area contributed by atoms with Crippen LogP contribution < -0.4 is 9.47 Å². The van der Waals surface area contributed by atoms with Crippen LogP contribution in [0.3, 0.4) is 0 Å². The van der Waals surface area contributed by atoms with Crippen LogP contribution in [0.15, 0.2) is 78.6 Å². The quantitative estimate of drug-likeness (QED) is 0.389. The van der Waals surface area contributed by atoms with Crippen molar-refractivity contribution in [2.24, 2.45) is 0 Å². The number of amides is 1. The molecule has 1 fully saturated rings. The van der Waals surface area contributed by atoms with Crippen LogP contribution >= 0.6 is 0 Å². The van der Waals surface area contributed by atoms with Gasteiger partial charge in [-0.15, -0.1) is 0 Å². The average molecular weight is 428 g/mol. The van der Waals surface area contributed by atoms with E-state index in [-0.39, 0.29) is 17.9 Å². The van der Waals surface area contributed by atoms with E-state index in [0.29, 0.717) is 30.3 Å². The number of pyridine rings is 1. The maximum absolute atomic E-state index is 13.1. The second kappa shape index (κ2) is 8.19. The first-order chi connectivity index (χ1) is 15.6. The summed E-state index contributed by atoms with van der Waals surface area (Å²) in [5, 5.41) is 11.2. The summed E-state index contributed by atoms with van der Waals surface area (Å²) in [4.78, 5) is 31.6. The fraction of sp³-hybridized carbons (Fsp3) is 0.160. The van der Waals surface area contributed by atoms with Crippen LogP contribution in [0, 0.1) is 0 Å². The summed E-state index contributed by atoms with van der Waals surface area (Å²) in [6, 6.07) is 17.1. The van der Waals surface area contributed by atoms with Gasteiger partial charge in [-0.1, -0.05) is 30.3 Å². The van der Waals surface area contributed by atoms with Gasteiger partial charge in [0.1, 0.15) is 19.0 Å². The fourth-order valence-corrected chi connectivity index (χ4v) is 4.06. The zero-order chi connectivity index (χ0) is 22.1. The van der Waals surface area contributed by atoms with Crippen molar-refractivity contribution in [1.82, 2.24) is 9.88 Å². The number of nitrogens with zero attached hydrogens (tertiary/aromatic N) is 2. The van der Waals surface area contributed by atoms with Gasteiger partial charge in [0.05, 0.1) is 11.6 Å². The van der Waals surface area contributed by atoms with Crippen LogP contribution in [0.5, 0.6) is 11.5 Å². The van der Waals surface area contributed by atoms with Gasteiger partial charge in [-0.2, -0.15) is 0 Å². The highest BCUT2D eigenvalue weighted by Crippen LogP contribution is 2.41. The molecule has 3 aromatic rings. The lowest BCUT2D eigenvalue weighted by Gasteiger charge is -2.25. The summed E-state index contributed by atoms with van der Waals surface area (Å²) >= 11 is 0. The van der Waals surface area contributed by atoms with Gasteiger partial charge in [-0.3, -0.25) is 14.6 Å². The number of benzene rings is 2. The summed E-state index contributed by atoms with van der Waals surface area (Å²) in [6.45, 7) is 1.06. The molecule has 1 aromatic heterocycles. The topological polar surface area (TPSA) is 89.0 Å². The Kier molecular flexibility index (Phi) is 5.07. The molecular formula is C25H20N2O5. The number of rotatable bonds is 4. The molecule has 0 radical (unpaired) electrons. The number of aliphatic hydroxyl groups excluding tert-OH is 1. The number of carbonyl (C=O) groups is 2. The van der Waals surface area contributed by atoms with Gasteiger partial charge in [-0.25, -0.2) is 0 Å². The van der Waals surface area contributed by atoms with E-state index in [0.717, 1.165) is 11.1 Å². The molecule has 5 rings (SSSR count). The first-order valence-electron chi connectivity index (χ1n) is 10.3. The van der Waals surface area contributed by atoms with Crippen LogP contribution in [0.2, 0.25) is 0 Å². The molecular weight excluding hydrogens is 408 g/mol. The Balaban J connectivity index is 1.62. The van der Waals surface area contributed by atoms with Crippen molar-refractivity contribution >= 4 is 17.4 Å². The second-order valence-corrected chi connectivity index (χ2v) is 7.55. The smallest absolute Gasteiger partial charge is 0.295 e. The minimum Gasteiger partial charge on any atom is -0.507 e. The number of likely N-dealkylation sites (tertiary alicyclic amines) is 1. The van der Waals surface area contributed by atoms with Gasteiger partial charge in [0, 0.05) is 24.5 Å². The molecule has 1 atom stereocenters. The summed E-state index contributed by atoms with van der Waals surface area (Å²) in [7, 11) is 0. The van der Waals surface area contributed by atoms with Crippen molar-refractivity contribution in [2.45, 2.75) is 12.6 Å². The highest BCUT2D eigenvalue weighted by atomic mass is 16.6. The summed E-state index contributed by atoms with van der Waals surface area (Å²) in [5.74, 6) is -0.561. The molecule has 160 valence electrons. The molecule has 0 spiro atoms. The van der Waals surface area contributed by atoms with Crippen molar-refractivity contribution < 1.29 is 24.2 Å². The maximum atomic E-state index is 13.1. The van der Waals surface area contributed by atoms with Gasteiger partial charge < -0.3 is 19.5 Å². The van der Waals surface area contributed by atoms with Crippen molar-refractivity contribution in [3.05, 3.63) is 95.3 Å². The monoisotopic (exact) mass is 428 g/mol. The number of carbonyl (C=O) groups excluding carboxylic acids is 2. The lowest BCUT2D eigenvalue weighted by molar-refractivity contribution is -0.140. The van der Waals surface area contributed by atoms with Crippen LogP contribution in [-0.2, 0) is 16.1 Å². The molecule has 2 aliphatic rings. The number of aromatic nitrogens is 1. The Morgan fingerprint density at radius 2 is 1.69 bits per heavy atom. The Morgan fingerprint density at radius 3 is 2.44 bits per heavy atom. The van der Waals surface area contributed by atoms with Gasteiger partial charge in [-0.05, 0) is 41.5 Å². The zero-order valence-corrected chi connectivity index (χ0v) is 17.1. The number of fused-ring (bicyclic) bond motifs is 1. The lowest BCUT2D eigenvalue weighted by Crippen LogP contribution is -2.29. The van der Waals surface area contributed by atoms with E-state index in [4.69, 9.17) is 9.47 Å². The molecule has 2 aliphatic heterocycles. The third-order valence-corrected chi connectivity index (χ3v) is 5.57. The largest absolute Gasteiger partial charge is 0.507 e. The summed E-state index contributed by atoms with van der Waals surface area (Å²) in [6.07, 6.45) is 3.28. The minimum atomic E-state index is -0.724. The molecule has 0 bridgehead atoms. The molecule has 0 aliphatic carbocycles. The standard InChI is InChI=1S/C25H20N2O5/c28-23(18-6-7-19-20(14-18)32-13-12-31-19)21-22(17-4-2-1-3-5-17)27(25(30)24(21)29)15-16-8-10-26-11-9-16/h1-11,14,22,28H,12-13,15H2/b23-21-. The fourth-order valence-electron chi connectivity index (χ4n) is 4.06. The molecule has 1 unspecified atom stereocenters. The van der Waals surface area contributed by atoms with Gasteiger partial charge in [0.2, 0.25) is 0 Å². The predicted molar refractivity (Wildman–Crippen MR) is 116 cm³/mol. The third-order valence-electron chi connectivity index (χ3n) is 5.57. The van der Waals surface area contributed by atoms with Crippen LogP contribution in [0.25, 0.3) is 5.76 Å². The van der Waals surface area contributed by atoms with Crippen molar-refractivity contribution in [1.29, 1.82) is 0 Å². The number of hydrogen-bond donors (Lipinski definition) is 1. The Morgan fingerprint density at radius 1 is 0.969 bits per heavy atom.